The van der Waals surface area contributed by atoms with Gasteiger partial charge in [0.25, 0.3) is 0 Å². The summed E-state index contributed by atoms with van der Waals surface area (Å²) in [4.78, 5) is 28.1. The first kappa shape index (κ1) is 19.2. The maximum absolute atomic E-state index is 12.9. The Kier molecular flexibility index (Phi) is 7.18. The van der Waals surface area contributed by atoms with Crippen LogP contribution in [0.15, 0.2) is 18.3 Å². The number of aryl methyl sites for hydroxylation is 1. The zero-order valence-electron chi connectivity index (χ0n) is 14.7. The average Bonchev–Trinajstić information content (AvgIpc) is 2.61. The maximum atomic E-state index is 12.9. The molecule has 1 fully saturated rings. The highest BCUT2D eigenvalue weighted by atomic mass is 16.4. The summed E-state index contributed by atoms with van der Waals surface area (Å²) in [6.45, 7) is 3.64. The predicted octanol–water partition coefficient (Wildman–Crippen LogP) is 1.83. The lowest BCUT2D eigenvalue weighted by Gasteiger charge is -2.32. The summed E-state index contributed by atoms with van der Waals surface area (Å²) in [6, 6.07) is 2.99. The summed E-state index contributed by atoms with van der Waals surface area (Å²) in [5, 5.41) is 14.8. The monoisotopic (exact) mass is 348 g/mol. The molecule has 0 aromatic carbocycles. The Balaban J connectivity index is 1.95. The summed E-state index contributed by atoms with van der Waals surface area (Å²) in [5.41, 5.74) is 6.60. The molecule has 5 N–H and O–H groups in total. The first-order valence-corrected chi connectivity index (χ1v) is 8.95. The molecule has 0 aliphatic carbocycles. The maximum Gasteiger partial charge on any atom is 0.405 e. The number of rotatable bonds is 8. The van der Waals surface area contributed by atoms with E-state index >= 15 is 0 Å². The second kappa shape index (κ2) is 9.36. The van der Waals surface area contributed by atoms with Crippen LogP contribution in [-0.4, -0.2) is 41.1 Å². The molecular formula is C18H28N4O3. The van der Waals surface area contributed by atoms with Crippen LogP contribution < -0.4 is 16.4 Å². The standard InChI is InChI=1S/C18H28N4O3/c1-2-13-8-9-20-11-14(13)17(23)15(22-18(24)25)5-3-4-12-6-7-16(19)21-10-12/h6-7,10,13-15,20,22H,2-5,8-9,11H2,1H3,(H2,19,21)(H,24,25). The van der Waals surface area contributed by atoms with Crippen LogP contribution in [0.4, 0.5) is 10.6 Å². The van der Waals surface area contributed by atoms with Gasteiger partial charge in [-0.15, -0.1) is 0 Å². The molecule has 0 radical (unpaired) electrons. The van der Waals surface area contributed by atoms with Crippen molar-refractivity contribution in [3.63, 3.8) is 0 Å². The Morgan fingerprint density at radius 3 is 2.92 bits per heavy atom. The molecule has 25 heavy (non-hydrogen) atoms. The number of anilines is 1. The molecule has 1 aromatic heterocycles. The molecule has 0 bridgehead atoms. The fourth-order valence-electron chi connectivity index (χ4n) is 3.52. The summed E-state index contributed by atoms with van der Waals surface area (Å²) >= 11 is 0. The largest absolute Gasteiger partial charge is 0.465 e. The molecule has 1 amide bonds. The zero-order chi connectivity index (χ0) is 18.2. The van der Waals surface area contributed by atoms with E-state index in [9.17, 15) is 9.59 Å². The second-order valence-electron chi connectivity index (χ2n) is 6.66. The third-order valence-corrected chi connectivity index (χ3v) is 4.96. The van der Waals surface area contributed by atoms with E-state index in [0.717, 1.165) is 31.4 Å². The zero-order valence-corrected chi connectivity index (χ0v) is 14.7. The summed E-state index contributed by atoms with van der Waals surface area (Å²) in [7, 11) is 0. The molecule has 0 spiro atoms. The van der Waals surface area contributed by atoms with Crippen LogP contribution in [0.25, 0.3) is 0 Å². The summed E-state index contributed by atoms with van der Waals surface area (Å²) in [5.74, 6) is 0.693. The number of aromatic nitrogens is 1. The number of pyridine rings is 1. The van der Waals surface area contributed by atoms with Crippen LogP contribution >= 0.6 is 0 Å². The van der Waals surface area contributed by atoms with Crippen molar-refractivity contribution in [3.05, 3.63) is 23.9 Å². The van der Waals surface area contributed by atoms with Crippen molar-refractivity contribution in [2.75, 3.05) is 18.8 Å². The van der Waals surface area contributed by atoms with E-state index in [1.54, 1.807) is 12.3 Å². The number of carboxylic acid groups (broad SMARTS) is 1. The Labute approximate surface area is 148 Å². The molecule has 1 aromatic rings. The number of hydrogen-bond acceptors (Lipinski definition) is 5. The first-order valence-electron chi connectivity index (χ1n) is 8.95. The van der Waals surface area contributed by atoms with Gasteiger partial charge in [-0.3, -0.25) is 4.79 Å². The van der Waals surface area contributed by atoms with Crippen LogP contribution in [-0.2, 0) is 11.2 Å². The second-order valence-corrected chi connectivity index (χ2v) is 6.66. The van der Waals surface area contributed by atoms with Gasteiger partial charge >= 0.3 is 6.09 Å². The van der Waals surface area contributed by atoms with Crippen LogP contribution in [0.5, 0.6) is 0 Å². The van der Waals surface area contributed by atoms with Gasteiger partial charge in [0.1, 0.15) is 5.82 Å². The van der Waals surface area contributed by atoms with Crippen molar-refractivity contribution >= 4 is 17.7 Å². The lowest BCUT2D eigenvalue weighted by Crippen LogP contribution is -2.49. The van der Waals surface area contributed by atoms with E-state index in [2.05, 4.69) is 22.5 Å². The minimum absolute atomic E-state index is 0.0110. The predicted molar refractivity (Wildman–Crippen MR) is 96.3 cm³/mol. The minimum atomic E-state index is -1.15. The number of Topliss-reactive ketones (excluding diaryl/α,β-unsaturated/α-hetero) is 1. The van der Waals surface area contributed by atoms with Gasteiger partial charge < -0.3 is 21.5 Å². The van der Waals surface area contributed by atoms with Crippen LogP contribution in [0.1, 0.15) is 38.2 Å². The number of piperidine rings is 1. The Bertz CT molecular complexity index is 576. The summed E-state index contributed by atoms with van der Waals surface area (Å²) in [6.07, 6.45) is 4.40. The molecule has 1 saturated heterocycles. The Morgan fingerprint density at radius 2 is 2.28 bits per heavy atom. The van der Waals surface area contributed by atoms with E-state index in [0.29, 0.717) is 31.1 Å². The molecule has 0 saturated carbocycles. The quantitative estimate of drug-likeness (QED) is 0.569. The van der Waals surface area contributed by atoms with Gasteiger partial charge in [-0.25, -0.2) is 9.78 Å². The van der Waals surface area contributed by atoms with E-state index in [1.807, 2.05) is 6.07 Å². The smallest absolute Gasteiger partial charge is 0.405 e. The van der Waals surface area contributed by atoms with Crippen molar-refractivity contribution in [1.29, 1.82) is 0 Å². The average molecular weight is 348 g/mol. The van der Waals surface area contributed by atoms with Crippen LogP contribution in [0.2, 0.25) is 0 Å². The lowest BCUT2D eigenvalue weighted by atomic mass is 9.79. The number of hydrogen-bond donors (Lipinski definition) is 4. The molecule has 138 valence electrons. The molecule has 7 heteroatoms. The van der Waals surface area contributed by atoms with Crippen molar-refractivity contribution in [3.8, 4) is 0 Å². The molecule has 1 aliphatic heterocycles. The van der Waals surface area contributed by atoms with Gasteiger partial charge in [-0.1, -0.05) is 19.4 Å². The fourth-order valence-corrected chi connectivity index (χ4v) is 3.52. The molecular weight excluding hydrogens is 320 g/mol. The van der Waals surface area contributed by atoms with Gasteiger partial charge in [-0.2, -0.15) is 0 Å². The van der Waals surface area contributed by atoms with Crippen molar-refractivity contribution in [1.82, 2.24) is 15.6 Å². The number of nitrogen functional groups attached to an aromatic ring is 1. The highest BCUT2D eigenvalue weighted by molar-refractivity contribution is 5.89. The summed E-state index contributed by atoms with van der Waals surface area (Å²) < 4.78 is 0. The molecule has 1 aliphatic rings. The fraction of sp³-hybridized carbons (Fsp3) is 0.611. The normalized spacial score (nSPS) is 21.5. The van der Waals surface area contributed by atoms with E-state index in [4.69, 9.17) is 10.8 Å². The van der Waals surface area contributed by atoms with Gasteiger partial charge in [0.2, 0.25) is 0 Å². The number of ketones is 1. The van der Waals surface area contributed by atoms with E-state index in [-0.39, 0.29) is 11.7 Å². The van der Waals surface area contributed by atoms with Crippen molar-refractivity contribution in [2.24, 2.45) is 11.8 Å². The van der Waals surface area contributed by atoms with E-state index in [1.165, 1.54) is 0 Å². The number of amides is 1. The number of nitrogens with zero attached hydrogens (tertiary/aromatic N) is 1. The van der Waals surface area contributed by atoms with Crippen molar-refractivity contribution in [2.45, 2.75) is 45.1 Å². The molecule has 3 unspecified atom stereocenters. The first-order chi connectivity index (χ1) is 12.0. The third kappa shape index (κ3) is 5.70. The van der Waals surface area contributed by atoms with Crippen LogP contribution in [0, 0.1) is 11.8 Å². The molecule has 3 atom stereocenters. The third-order valence-electron chi connectivity index (χ3n) is 4.96. The number of nitrogens with two attached hydrogens (primary N) is 1. The highest BCUT2D eigenvalue weighted by Gasteiger charge is 2.34. The lowest BCUT2D eigenvalue weighted by molar-refractivity contribution is -0.127. The molecule has 2 rings (SSSR count). The molecule has 2 heterocycles. The number of nitrogens with one attached hydrogen (secondary N) is 2. The number of carbonyl (C=O) groups is 2. The molecule has 7 nitrogen and oxygen atoms in total. The number of carbonyl (C=O) groups excluding carboxylic acids is 1. The topological polar surface area (TPSA) is 117 Å². The van der Waals surface area contributed by atoms with E-state index < -0.39 is 12.1 Å². The SMILES string of the molecule is CCC1CCNCC1C(=O)C(CCCc1ccc(N)nc1)NC(=O)O. The van der Waals surface area contributed by atoms with Crippen molar-refractivity contribution < 1.29 is 14.7 Å². The van der Waals surface area contributed by atoms with Gasteiger partial charge in [0, 0.05) is 18.7 Å². The van der Waals surface area contributed by atoms with Gasteiger partial charge in [0.15, 0.2) is 5.78 Å². The van der Waals surface area contributed by atoms with Gasteiger partial charge in [-0.05, 0) is 49.8 Å². The minimum Gasteiger partial charge on any atom is -0.465 e. The Hall–Kier alpha value is -2.15. The Morgan fingerprint density at radius 1 is 1.48 bits per heavy atom. The van der Waals surface area contributed by atoms with Crippen LogP contribution in [0.3, 0.4) is 0 Å². The van der Waals surface area contributed by atoms with Gasteiger partial charge in [0.05, 0.1) is 6.04 Å². The highest BCUT2D eigenvalue weighted by Crippen LogP contribution is 2.25.